The highest BCUT2D eigenvalue weighted by atomic mass is 31.3. The summed E-state index contributed by atoms with van der Waals surface area (Å²) < 4.78 is 52.2. The Hall–Kier alpha value is -2.00. The van der Waals surface area contributed by atoms with Crippen molar-refractivity contribution in [2.45, 2.75) is 89.1 Å². The van der Waals surface area contributed by atoms with Crippen LogP contribution in [0.2, 0.25) is 0 Å². The summed E-state index contributed by atoms with van der Waals surface area (Å²) in [6.45, 7) is -0.332. The monoisotopic (exact) mass is 719 g/mol. The van der Waals surface area contributed by atoms with Gasteiger partial charge in [-0.15, -0.1) is 0 Å². The molecule has 0 aromatic carbocycles. The van der Waals surface area contributed by atoms with E-state index in [0.29, 0.717) is 25.8 Å². The molecule has 1 aromatic heterocycles. The molecule has 0 aliphatic carbocycles. The van der Waals surface area contributed by atoms with Gasteiger partial charge in [-0.2, -0.15) is 8.62 Å². The number of aliphatic hydroxyl groups excluding tert-OH is 2. The summed E-state index contributed by atoms with van der Waals surface area (Å²) in [7, 11) is -16.8. The minimum Gasteiger partial charge on any atom is -0.396 e. The van der Waals surface area contributed by atoms with Gasteiger partial charge in [0.05, 0.1) is 12.7 Å². The summed E-state index contributed by atoms with van der Waals surface area (Å²) in [5.41, 5.74) is -1.79. The van der Waals surface area contributed by atoms with E-state index in [2.05, 4.69) is 35.3 Å². The van der Waals surface area contributed by atoms with Crippen LogP contribution in [0.15, 0.2) is 15.8 Å². The Bertz CT molecular complexity index is 1460. The number of amides is 1. The van der Waals surface area contributed by atoms with Crippen molar-refractivity contribution in [2.75, 3.05) is 19.8 Å². The van der Waals surface area contributed by atoms with Gasteiger partial charge in [-0.25, -0.2) is 18.5 Å². The summed E-state index contributed by atoms with van der Waals surface area (Å²) in [6.07, 6.45) is 4.91. The number of phosphoric acid groups is 3. The van der Waals surface area contributed by atoms with Gasteiger partial charge in [0.25, 0.3) is 5.56 Å². The van der Waals surface area contributed by atoms with Crippen molar-refractivity contribution in [1.82, 2.24) is 14.9 Å². The summed E-state index contributed by atoms with van der Waals surface area (Å²) in [4.78, 5) is 74.7. The van der Waals surface area contributed by atoms with Gasteiger partial charge in [-0.05, 0) is 19.3 Å². The van der Waals surface area contributed by atoms with Crippen molar-refractivity contribution < 1.29 is 66.2 Å². The van der Waals surface area contributed by atoms with Crippen LogP contribution in [0.5, 0.6) is 0 Å². The first-order chi connectivity index (χ1) is 21.5. The quantitative estimate of drug-likeness (QED) is 0.0527. The Balaban J connectivity index is 1.83. The van der Waals surface area contributed by atoms with Crippen LogP contribution in [0.1, 0.15) is 82.4 Å². The van der Waals surface area contributed by atoms with Crippen LogP contribution in [-0.2, 0) is 36.4 Å². The second-order valence-corrected chi connectivity index (χ2v) is 14.7. The fraction of sp³-hybridized carbons (Fsp3) is 0.708. The average molecular weight is 720 g/mol. The summed E-state index contributed by atoms with van der Waals surface area (Å²) in [5, 5.41) is 21.9. The number of aromatic nitrogens is 2. The van der Waals surface area contributed by atoms with Gasteiger partial charge in [0, 0.05) is 38.6 Å². The van der Waals surface area contributed by atoms with Gasteiger partial charge in [0.15, 0.2) is 0 Å². The zero-order valence-electron chi connectivity index (χ0n) is 24.8. The topological polar surface area (TPSA) is 293 Å². The van der Waals surface area contributed by atoms with Gasteiger partial charge in [-0.3, -0.25) is 23.7 Å². The molecule has 0 radical (unpaired) electrons. The smallest absolute Gasteiger partial charge is 0.396 e. The zero-order valence-corrected chi connectivity index (χ0v) is 27.4. The Kier molecular flexibility index (Phi) is 16.7. The molecule has 2 unspecified atom stereocenters. The highest BCUT2D eigenvalue weighted by molar-refractivity contribution is 7.66. The van der Waals surface area contributed by atoms with E-state index in [-0.39, 0.29) is 24.5 Å². The molecule has 1 fully saturated rings. The third-order valence-corrected chi connectivity index (χ3v) is 10.2. The molecule has 5 atom stereocenters. The SMILES string of the molecule is O=C(CCCCCCCCCO)NCCCC#Cc1cn([C@H]2C[C@H](O)[C@@H](COP(=O)(O)OP(=O)(O)OP(=O)(O)O)O2)c(=O)[nH]c1=O. The first kappa shape index (κ1) is 40.2. The molecule has 1 aliphatic rings. The number of aromatic amines is 1. The molecule has 19 nitrogen and oxygen atoms in total. The van der Waals surface area contributed by atoms with Gasteiger partial charge in [-0.1, -0.05) is 43.9 Å². The van der Waals surface area contributed by atoms with E-state index in [1.165, 1.54) is 0 Å². The second kappa shape index (κ2) is 19.1. The first-order valence-corrected chi connectivity index (χ1v) is 18.9. The van der Waals surface area contributed by atoms with Crippen molar-refractivity contribution in [2.24, 2.45) is 0 Å². The molecule has 8 N–H and O–H groups in total. The van der Waals surface area contributed by atoms with E-state index in [0.717, 1.165) is 55.7 Å². The van der Waals surface area contributed by atoms with Crippen molar-refractivity contribution in [3.05, 3.63) is 32.6 Å². The summed E-state index contributed by atoms with van der Waals surface area (Å²) in [5.74, 6) is 5.36. The molecule has 2 rings (SSSR count). The maximum atomic E-state index is 12.4. The Morgan fingerprint density at radius 2 is 1.65 bits per heavy atom. The molecule has 0 saturated carbocycles. The van der Waals surface area contributed by atoms with Crippen LogP contribution in [0.3, 0.4) is 0 Å². The van der Waals surface area contributed by atoms with Crippen LogP contribution in [0, 0.1) is 11.8 Å². The first-order valence-electron chi connectivity index (χ1n) is 14.4. The highest BCUT2D eigenvalue weighted by Crippen LogP contribution is 2.66. The van der Waals surface area contributed by atoms with Gasteiger partial charge in [0.2, 0.25) is 5.91 Å². The van der Waals surface area contributed by atoms with E-state index in [9.17, 15) is 43.0 Å². The molecule has 1 saturated heterocycles. The zero-order chi connectivity index (χ0) is 34.4. The van der Waals surface area contributed by atoms with Crippen molar-refractivity contribution in [3.8, 4) is 11.8 Å². The largest absolute Gasteiger partial charge is 0.490 e. The molecule has 0 spiro atoms. The molecule has 2 heterocycles. The van der Waals surface area contributed by atoms with Gasteiger partial charge < -0.3 is 39.8 Å². The Morgan fingerprint density at radius 1 is 1.00 bits per heavy atom. The van der Waals surface area contributed by atoms with Gasteiger partial charge >= 0.3 is 29.2 Å². The number of nitrogens with one attached hydrogen (secondary N) is 2. The van der Waals surface area contributed by atoms with E-state index >= 15 is 0 Å². The van der Waals surface area contributed by atoms with E-state index in [1.54, 1.807) is 0 Å². The third kappa shape index (κ3) is 15.7. The summed E-state index contributed by atoms with van der Waals surface area (Å²) >= 11 is 0. The molecule has 262 valence electrons. The van der Waals surface area contributed by atoms with E-state index in [4.69, 9.17) is 19.6 Å². The minimum absolute atomic E-state index is 0.0594. The summed E-state index contributed by atoms with van der Waals surface area (Å²) in [6, 6.07) is 0. The number of hydrogen-bond acceptors (Lipinski definition) is 12. The van der Waals surface area contributed by atoms with Crippen LogP contribution >= 0.6 is 23.5 Å². The third-order valence-electron chi connectivity index (χ3n) is 6.39. The average Bonchev–Trinajstić information content (AvgIpc) is 3.30. The maximum Gasteiger partial charge on any atom is 0.490 e. The number of H-pyrrole nitrogens is 1. The number of aliphatic hydroxyl groups is 2. The molecule has 0 bridgehead atoms. The number of unbranched alkanes of at least 4 members (excludes halogenated alkanes) is 7. The lowest BCUT2D eigenvalue weighted by Crippen LogP contribution is -2.33. The number of ether oxygens (including phenoxy) is 1. The van der Waals surface area contributed by atoms with Crippen LogP contribution in [-0.4, -0.2) is 77.2 Å². The highest BCUT2D eigenvalue weighted by Gasteiger charge is 2.43. The van der Waals surface area contributed by atoms with Crippen LogP contribution < -0.4 is 16.6 Å². The molecule has 1 aliphatic heterocycles. The van der Waals surface area contributed by atoms with Crippen molar-refractivity contribution in [1.29, 1.82) is 0 Å². The fourth-order valence-corrected chi connectivity index (χ4v) is 7.26. The number of phosphoric ester groups is 1. The molecular weight excluding hydrogens is 679 g/mol. The lowest BCUT2D eigenvalue weighted by molar-refractivity contribution is -0.121. The molecule has 1 amide bonds. The molecule has 22 heteroatoms. The predicted molar refractivity (Wildman–Crippen MR) is 159 cm³/mol. The van der Waals surface area contributed by atoms with E-state index in [1.807, 2.05) is 0 Å². The lowest BCUT2D eigenvalue weighted by atomic mass is 10.1. The number of nitrogens with zero attached hydrogens (tertiary/aromatic N) is 1. The van der Waals surface area contributed by atoms with Gasteiger partial charge in [0.1, 0.15) is 17.9 Å². The van der Waals surface area contributed by atoms with Crippen molar-refractivity contribution >= 4 is 29.4 Å². The molecular formula is C24H40N3O16P3. The fourth-order valence-electron chi connectivity index (χ4n) is 4.23. The predicted octanol–water partition coefficient (Wildman–Crippen LogP) is 0.889. The van der Waals surface area contributed by atoms with E-state index < -0.39 is 59.8 Å². The number of hydrogen-bond donors (Lipinski definition) is 8. The number of rotatable bonds is 20. The van der Waals surface area contributed by atoms with Crippen molar-refractivity contribution in [3.63, 3.8) is 0 Å². The Morgan fingerprint density at radius 3 is 2.30 bits per heavy atom. The second-order valence-electron chi connectivity index (χ2n) is 10.2. The normalized spacial score (nSPS) is 20.8. The van der Waals surface area contributed by atoms with Crippen LogP contribution in [0.4, 0.5) is 0 Å². The maximum absolute atomic E-state index is 12.4. The molecule has 46 heavy (non-hydrogen) atoms. The molecule has 1 aromatic rings. The van der Waals surface area contributed by atoms with Crippen LogP contribution in [0.25, 0.3) is 0 Å². The number of carbonyl (C=O) groups excluding carboxylic acids is 1. The lowest BCUT2D eigenvalue weighted by Gasteiger charge is -2.19. The Labute approximate surface area is 263 Å². The minimum atomic E-state index is -5.74. The standard InChI is InChI=1S/C24H40N3O16P3/c28-14-10-5-3-1-2-4-8-12-21(30)25-13-9-6-7-11-18-16-27(24(32)26-23(18)31)22-15-19(29)20(41-22)17-40-45(36,37)43-46(38,39)42-44(33,34)35/h16,19-20,22,28-29H,1-6,8-10,12-15,17H2,(H,25,30)(H,36,37)(H,38,39)(H,26,31,32)(H2,33,34,35)/t19-,20+,22+/m0/s1. The number of carbonyl (C=O) groups is 1.